The molecule has 2 nitrogen and oxygen atoms in total. The third kappa shape index (κ3) is 2.19. The number of hydrogen-bond donors (Lipinski definition) is 0. The molecule has 1 rings (SSSR count). The predicted octanol–water partition coefficient (Wildman–Crippen LogP) is 2.05. The highest BCUT2D eigenvalue weighted by molar-refractivity contribution is 5.82. The van der Waals surface area contributed by atoms with E-state index in [1.165, 1.54) is 4.90 Å². The molecule has 0 spiro atoms. The van der Waals surface area contributed by atoms with Crippen LogP contribution in [-0.4, -0.2) is 30.1 Å². The Morgan fingerprint density at radius 1 is 1.21 bits per heavy atom. The number of halogens is 3. The summed E-state index contributed by atoms with van der Waals surface area (Å²) in [6.07, 6.45) is -4.16. The number of nitrogens with zero attached hydrogens (tertiary/aromatic N) is 1. The summed E-state index contributed by atoms with van der Waals surface area (Å²) in [5, 5.41) is 0. The van der Waals surface area contributed by atoms with E-state index >= 15 is 0 Å². The molecule has 0 aliphatic carbocycles. The van der Waals surface area contributed by atoms with Gasteiger partial charge in [-0.25, -0.2) is 0 Å². The molecule has 0 aromatic carbocycles. The van der Waals surface area contributed by atoms with Crippen LogP contribution in [0.4, 0.5) is 13.2 Å². The molecule has 0 N–H and O–H groups in total. The zero-order valence-electron chi connectivity index (χ0n) is 8.48. The monoisotopic (exact) mass is 209 g/mol. The number of likely N-dealkylation sites (tertiary alicyclic amines) is 1. The van der Waals surface area contributed by atoms with E-state index in [0.29, 0.717) is 0 Å². The van der Waals surface area contributed by atoms with Crippen molar-refractivity contribution in [1.29, 1.82) is 0 Å². The van der Waals surface area contributed by atoms with Gasteiger partial charge in [0.1, 0.15) is 0 Å². The molecule has 1 aliphatic rings. The van der Waals surface area contributed by atoms with Crippen molar-refractivity contribution < 1.29 is 18.0 Å². The van der Waals surface area contributed by atoms with Gasteiger partial charge in [0.25, 0.3) is 0 Å². The van der Waals surface area contributed by atoms with Crippen molar-refractivity contribution in [3.63, 3.8) is 0 Å². The van der Waals surface area contributed by atoms with E-state index in [2.05, 4.69) is 0 Å². The molecule has 0 bridgehead atoms. The van der Waals surface area contributed by atoms with Crippen LogP contribution in [0.2, 0.25) is 0 Å². The van der Waals surface area contributed by atoms with Gasteiger partial charge < -0.3 is 4.90 Å². The largest absolute Gasteiger partial charge is 0.395 e. The molecule has 0 atom stereocenters. The van der Waals surface area contributed by atoms with E-state index in [-0.39, 0.29) is 19.0 Å². The predicted molar refractivity (Wildman–Crippen MR) is 45.6 cm³/mol. The van der Waals surface area contributed by atoms with Crippen LogP contribution in [0.3, 0.4) is 0 Å². The number of rotatable bonds is 0. The maximum absolute atomic E-state index is 12.1. The van der Waals surface area contributed by atoms with E-state index in [0.717, 1.165) is 0 Å². The van der Waals surface area contributed by atoms with Crippen LogP contribution < -0.4 is 0 Å². The van der Waals surface area contributed by atoms with E-state index in [1.807, 2.05) is 0 Å². The maximum atomic E-state index is 12.1. The second-order valence-corrected chi connectivity index (χ2v) is 4.70. The minimum Gasteiger partial charge on any atom is -0.341 e. The number of alkyl halides is 3. The Labute approximate surface area is 81.1 Å². The van der Waals surface area contributed by atoms with Gasteiger partial charge in [-0.2, -0.15) is 13.2 Å². The van der Waals surface area contributed by atoms with Crippen molar-refractivity contribution in [2.75, 3.05) is 13.1 Å². The van der Waals surface area contributed by atoms with E-state index < -0.39 is 17.5 Å². The van der Waals surface area contributed by atoms with Gasteiger partial charge in [0.2, 0.25) is 5.91 Å². The van der Waals surface area contributed by atoms with E-state index in [9.17, 15) is 18.0 Å². The molecule has 0 aromatic rings. The highest BCUT2D eigenvalue weighted by atomic mass is 19.4. The van der Waals surface area contributed by atoms with Crippen molar-refractivity contribution >= 4 is 5.91 Å². The lowest BCUT2D eigenvalue weighted by Gasteiger charge is -2.42. The second-order valence-electron chi connectivity index (χ2n) is 4.70. The van der Waals surface area contributed by atoms with E-state index in [4.69, 9.17) is 0 Å². The van der Waals surface area contributed by atoms with Crippen molar-refractivity contribution in [3.8, 4) is 0 Å². The van der Waals surface area contributed by atoms with Crippen molar-refractivity contribution in [2.24, 2.45) is 11.3 Å². The zero-order valence-corrected chi connectivity index (χ0v) is 8.48. The fraction of sp³-hybridized carbons (Fsp3) is 0.889. The van der Waals surface area contributed by atoms with Crippen LogP contribution in [0.25, 0.3) is 0 Å². The van der Waals surface area contributed by atoms with Crippen LogP contribution in [-0.2, 0) is 4.79 Å². The van der Waals surface area contributed by atoms with Crippen LogP contribution in [0, 0.1) is 11.3 Å². The number of carbonyl (C=O) groups excluding carboxylic acids is 1. The Kier molecular flexibility index (Phi) is 2.54. The van der Waals surface area contributed by atoms with Gasteiger partial charge in [0, 0.05) is 18.5 Å². The Balaban J connectivity index is 2.47. The molecule has 0 aromatic heterocycles. The van der Waals surface area contributed by atoms with Crippen LogP contribution >= 0.6 is 0 Å². The molecule has 14 heavy (non-hydrogen) atoms. The molecule has 0 radical (unpaired) electrons. The Morgan fingerprint density at radius 2 is 1.64 bits per heavy atom. The Hall–Kier alpha value is -0.740. The van der Waals surface area contributed by atoms with Gasteiger partial charge in [-0.3, -0.25) is 4.79 Å². The molecule has 1 aliphatic heterocycles. The highest BCUT2D eigenvalue weighted by Crippen LogP contribution is 2.35. The molecule has 1 heterocycles. The smallest absolute Gasteiger partial charge is 0.341 e. The highest BCUT2D eigenvalue weighted by Gasteiger charge is 2.49. The molecular weight excluding hydrogens is 195 g/mol. The first-order valence-corrected chi connectivity index (χ1v) is 4.48. The summed E-state index contributed by atoms with van der Waals surface area (Å²) >= 11 is 0. The molecular formula is C9H14F3NO. The molecule has 5 heteroatoms. The van der Waals surface area contributed by atoms with Crippen LogP contribution in [0.1, 0.15) is 20.8 Å². The molecule has 1 fully saturated rings. The summed E-state index contributed by atoms with van der Waals surface area (Å²) in [6.45, 7) is 4.75. The lowest BCUT2D eigenvalue weighted by molar-refractivity contribution is -0.211. The fourth-order valence-electron chi connectivity index (χ4n) is 1.33. The lowest BCUT2D eigenvalue weighted by Crippen LogP contribution is -2.58. The topological polar surface area (TPSA) is 20.3 Å². The molecule has 0 unspecified atom stereocenters. The average Bonchev–Trinajstić information content (AvgIpc) is 1.77. The normalized spacial score (nSPS) is 19.4. The van der Waals surface area contributed by atoms with Gasteiger partial charge in [-0.05, 0) is 0 Å². The van der Waals surface area contributed by atoms with Crippen molar-refractivity contribution in [1.82, 2.24) is 4.90 Å². The Bertz CT molecular complexity index is 235. The van der Waals surface area contributed by atoms with Gasteiger partial charge in [-0.1, -0.05) is 20.8 Å². The Morgan fingerprint density at radius 3 is 1.93 bits per heavy atom. The first-order valence-electron chi connectivity index (χ1n) is 4.48. The molecule has 1 saturated heterocycles. The molecule has 82 valence electrons. The first-order chi connectivity index (χ1) is 6.12. The van der Waals surface area contributed by atoms with Crippen LogP contribution in [0.15, 0.2) is 0 Å². The lowest BCUT2D eigenvalue weighted by atomic mass is 9.90. The number of amides is 1. The average molecular weight is 209 g/mol. The standard InChI is InChI=1S/C9H14F3NO/c1-8(2,3)7(14)13-4-6(5-13)9(10,11)12/h6H,4-5H2,1-3H3. The molecule has 1 amide bonds. The van der Waals surface area contributed by atoms with Crippen molar-refractivity contribution in [3.05, 3.63) is 0 Å². The minimum absolute atomic E-state index is 0.181. The fourth-order valence-corrected chi connectivity index (χ4v) is 1.33. The summed E-state index contributed by atoms with van der Waals surface area (Å²) in [7, 11) is 0. The minimum atomic E-state index is -4.16. The maximum Gasteiger partial charge on any atom is 0.395 e. The summed E-state index contributed by atoms with van der Waals surface area (Å²) in [4.78, 5) is 12.7. The van der Waals surface area contributed by atoms with Gasteiger partial charge in [-0.15, -0.1) is 0 Å². The van der Waals surface area contributed by atoms with Gasteiger partial charge in [0.05, 0.1) is 5.92 Å². The second kappa shape index (κ2) is 3.14. The summed E-state index contributed by atoms with van der Waals surface area (Å²) in [6, 6.07) is 0. The summed E-state index contributed by atoms with van der Waals surface area (Å²) in [5.41, 5.74) is -0.587. The number of carbonyl (C=O) groups is 1. The zero-order chi connectivity index (χ0) is 11.1. The quantitative estimate of drug-likeness (QED) is 0.598. The van der Waals surface area contributed by atoms with Gasteiger partial charge in [0.15, 0.2) is 0 Å². The van der Waals surface area contributed by atoms with E-state index in [1.54, 1.807) is 20.8 Å². The summed E-state index contributed by atoms with van der Waals surface area (Å²) < 4.78 is 36.3. The third-order valence-electron chi connectivity index (χ3n) is 2.27. The first kappa shape index (κ1) is 11.3. The summed E-state index contributed by atoms with van der Waals surface area (Å²) in [5.74, 6) is -1.54. The third-order valence-corrected chi connectivity index (χ3v) is 2.27. The molecule has 0 saturated carbocycles. The SMILES string of the molecule is CC(C)(C)C(=O)N1CC(C(F)(F)F)C1. The number of hydrogen-bond acceptors (Lipinski definition) is 1. The van der Waals surface area contributed by atoms with Crippen molar-refractivity contribution in [2.45, 2.75) is 26.9 Å². The van der Waals surface area contributed by atoms with Crippen LogP contribution in [0.5, 0.6) is 0 Å². The van der Waals surface area contributed by atoms with Gasteiger partial charge >= 0.3 is 6.18 Å².